The minimum absolute atomic E-state index is 0.0642. The molecule has 0 atom stereocenters. The maximum Gasteiger partial charge on any atom is 0.335 e. The molecule has 0 bridgehead atoms. The highest BCUT2D eigenvalue weighted by atomic mass is 19.1. The van der Waals surface area contributed by atoms with Gasteiger partial charge in [0.1, 0.15) is 18.2 Å². The molecule has 0 amide bonds. The number of aromatic carboxylic acids is 2. The summed E-state index contributed by atoms with van der Waals surface area (Å²) in [6.07, 6.45) is 7.06. The fourth-order valence-corrected chi connectivity index (χ4v) is 4.95. The highest BCUT2D eigenvalue weighted by Crippen LogP contribution is 2.27. The third kappa shape index (κ3) is 9.40. The summed E-state index contributed by atoms with van der Waals surface area (Å²) in [5.41, 5.74) is 5.55. The standard InChI is InChI=1S/C38H39FO5/c1-38(2,3)33-20-13-29(14-21-33)25-44-35-23-22-34(39)24-32(35)19-12-26(4-6-27-8-15-30(16-9-27)36(40)41)5-7-28-10-17-31(18-11-28)37(42)43/h8-24,26H,4-7,25H2,1-3H3,(H,40,41)(H,42,43)/b19-12+. The second-order valence-electron chi connectivity index (χ2n) is 12.1. The average Bonchev–Trinajstić information content (AvgIpc) is 3.00. The first kappa shape index (κ1) is 32.2. The van der Waals surface area contributed by atoms with Crippen molar-refractivity contribution in [1.82, 2.24) is 0 Å². The highest BCUT2D eigenvalue weighted by Gasteiger charge is 2.14. The van der Waals surface area contributed by atoms with E-state index >= 15 is 0 Å². The van der Waals surface area contributed by atoms with Crippen molar-refractivity contribution in [3.8, 4) is 5.75 Å². The molecule has 0 spiro atoms. The Morgan fingerprint density at radius 1 is 0.750 bits per heavy atom. The Hall–Kier alpha value is -4.71. The fourth-order valence-electron chi connectivity index (χ4n) is 4.95. The van der Waals surface area contributed by atoms with Gasteiger partial charge in [-0.3, -0.25) is 0 Å². The van der Waals surface area contributed by atoms with Crippen LogP contribution in [0.4, 0.5) is 4.39 Å². The van der Waals surface area contributed by atoms with Gasteiger partial charge in [0.25, 0.3) is 0 Å². The number of hydrogen-bond acceptors (Lipinski definition) is 3. The molecule has 4 aromatic carbocycles. The van der Waals surface area contributed by atoms with Gasteiger partial charge in [-0.25, -0.2) is 14.0 Å². The maximum atomic E-state index is 14.3. The van der Waals surface area contributed by atoms with Crippen LogP contribution in [-0.4, -0.2) is 22.2 Å². The molecule has 44 heavy (non-hydrogen) atoms. The monoisotopic (exact) mass is 594 g/mol. The first-order chi connectivity index (χ1) is 21.0. The minimum atomic E-state index is -0.957. The average molecular weight is 595 g/mol. The van der Waals surface area contributed by atoms with Gasteiger partial charge in [0.05, 0.1) is 11.1 Å². The van der Waals surface area contributed by atoms with Gasteiger partial charge in [-0.2, -0.15) is 0 Å². The van der Waals surface area contributed by atoms with Crippen LogP contribution in [0, 0.1) is 11.7 Å². The summed E-state index contributed by atoms with van der Waals surface area (Å²) >= 11 is 0. The van der Waals surface area contributed by atoms with Gasteiger partial charge in [-0.1, -0.05) is 81.5 Å². The number of ether oxygens (including phenoxy) is 1. The third-order valence-electron chi connectivity index (χ3n) is 7.74. The van der Waals surface area contributed by atoms with Crippen molar-refractivity contribution >= 4 is 18.0 Å². The van der Waals surface area contributed by atoms with Gasteiger partial charge in [0, 0.05) is 5.56 Å². The summed E-state index contributed by atoms with van der Waals surface area (Å²) < 4.78 is 20.5. The SMILES string of the molecule is CC(C)(C)c1ccc(COc2ccc(F)cc2/C=C/C(CCc2ccc(C(=O)O)cc2)CCc2ccc(C(=O)O)cc2)cc1. The first-order valence-electron chi connectivity index (χ1n) is 14.8. The van der Waals surface area contributed by atoms with Crippen LogP contribution in [-0.2, 0) is 24.9 Å². The quantitative estimate of drug-likeness (QED) is 0.161. The Balaban J connectivity index is 1.49. The van der Waals surface area contributed by atoms with Crippen molar-refractivity contribution in [1.29, 1.82) is 0 Å². The van der Waals surface area contributed by atoms with E-state index in [-0.39, 0.29) is 28.3 Å². The number of hydrogen-bond donors (Lipinski definition) is 2. The molecular formula is C38H39FO5. The van der Waals surface area contributed by atoms with Crippen LogP contribution in [0.15, 0.2) is 97.1 Å². The van der Waals surface area contributed by atoms with Crippen LogP contribution < -0.4 is 4.74 Å². The first-order valence-corrected chi connectivity index (χ1v) is 14.8. The van der Waals surface area contributed by atoms with Crippen LogP contribution in [0.3, 0.4) is 0 Å². The van der Waals surface area contributed by atoms with Crippen molar-refractivity contribution in [2.75, 3.05) is 0 Å². The smallest absolute Gasteiger partial charge is 0.335 e. The molecule has 0 aliphatic heterocycles. The number of carboxylic acid groups (broad SMARTS) is 2. The Bertz CT molecular complexity index is 1520. The van der Waals surface area contributed by atoms with Gasteiger partial charge < -0.3 is 14.9 Å². The van der Waals surface area contributed by atoms with Crippen LogP contribution in [0.2, 0.25) is 0 Å². The van der Waals surface area contributed by atoms with E-state index in [0.717, 1.165) is 42.4 Å². The summed E-state index contributed by atoms with van der Waals surface area (Å²) in [5, 5.41) is 18.4. The topological polar surface area (TPSA) is 83.8 Å². The second-order valence-corrected chi connectivity index (χ2v) is 12.1. The predicted molar refractivity (Wildman–Crippen MR) is 172 cm³/mol. The van der Waals surface area contributed by atoms with Crippen molar-refractivity contribution in [3.05, 3.63) is 142 Å². The lowest BCUT2D eigenvalue weighted by molar-refractivity contribution is 0.0686. The molecule has 0 radical (unpaired) electrons. The molecule has 0 saturated carbocycles. The number of carboxylic acids is 2. The normalized spacial score (nSPS) is 11.7. The van der Waals surface area contributed by atoms with Crippen LogP contribution >= 0.6 is 0 Å². The zero-order valence-electron chi connectivity index (χ0n) is 25.4. The van der Waals surface area contributed by atoms with E-state index in [9.17, 15) is 24.2 Å². The molecule has 0 fully saturated rings. The molecule has 6 heteroatoms. The van der Waals surface area contributed by atoms with Crippen molar-refractivity contribution in [2.45, 2.75) is 58.5 Å². The lowest BCUT2D eigenvalue weighted by atomic mass is 9.87. The molecule has 228 valence electrons. The van der Waals surface area contributed by atoms with Crippen LogP contribution in [0.5, 0.6) is 5.75 Å². The zero-order chi connectivity index (χ0) is 31.7. The molecule has 0 aliphatic carbocycles. The number of carbonyl (C=O) groups is 2. The van der Waals surface area contributed by atoms with Crippen molar-refractivity contribution in [3.63, 3.8) is 0 Å². The lowest BCUT2D eigenvalue weighted by Crippen LogP contribution is -2.10. The van der Waals surface area contributed by atoms with Crippen molar-refractivity contribution in [2.24, 2.45) is 5.92 Å². The van der Waals surface area contributed by atoms with Gasteiger partial charge in [0.2, 0.25) is 0 Å². The number of aryl methyl sites for hydroxylation is 2. The molecule has 0 heterocycles. The van der Waals surface area contributed by atoms with E-state index < -0.39 is 11.9 Å². The molecule has 0 aliphatic rings. The molecule has 5 nitrogen and oxygen atoms in total. The molecule has 0 unspecified atom stereocenters. The van der Waals surface area contributed by atoms with E-state index in [1.54, 1.807) is 30.3 Å². The minimum Gasteiger partial charge on any atom is -0.488 e. The summed E-state index contributed by atoms with van der Waals surface area (Å²) in [6, 6.07) is 26.6. The Morgan fingerprint density at radius 2 is 1.25 bits per heavy atom. The fraction of sp³-hybridized carbons (Fsp3) is 0.263. The summed E-state index contributed by atoms with van der Waals surface area (Å²) in [4.78, 5) is 22.5. The molecule has 4 aromatic rings. The number of benzene rings is 4. The molecule has 4 rings (SSSR count). The number of allylic oxidation sites excluding steroid dienone is 1. The summed E-state index contributed by atoms with van der Waals surface area (Å²) in [6.45, 7) is 6.88. The molecule has 0 saturated heterocycles. The van der Waals surface area contributed by atoms with Crippen LogP contribution in [0.1, 0.15) is 82.1 Å². The maximum absolute atomic E-state index is 14.3. The predicted octanol–water partition coefficient (Wildman–Crippen LogP) is 8.99. The zero-order valence-corrected chi connectivity index (χ0v) is 25.4. The third-order valence-corrected chi connectivity index (χ3v) is 7.74. The van der Waals surface area contributed by atoms with Gasteiger partial charge in [-0.15, -0.1) is 0 Å². The lowest BCUT2D eigenvalue weighted by Gasteiger charge is -2.19. The van der Waals surface area contributed by atoms with Gasteiger partial charge >= 0.3 is 11.9 Å². The van der Waals surface area contributed by atoms with E-state index in [2.05, 4.69) is 51.1 Å². The van der Waals surface area contributed by atoms with Gasteiger partial charge in [-0.05, 0) is 102 Å². The van der Waals surface area contributed by atoms with E-state index in [1.165, 1.54) is 17.7 Å². The molecule has 0 aromatic heterocycles. The van der Waals surface area contributed by atoms with E-state index in [0.29, 0.717) is 17.9 Å². The summed E-state index contributed by atoms with van der Waals surface area (Å²) in [7, 11) is 0. The molecular weight excluding hydrogens is 555 g/mol. The summed E-state index contributed by atoms with van der Waals surface area (Å²) in [5.74, 6) is -1.55. The van der Waals surface area contributed by atoms with Crippen molar-refractivity contribution < 1.29 is 28.9 Å². The van der Waals surface area contributed by atoms with Crippen LogP contribution in [0.25, 0.3) is 6.08 Å². The Kier molecular flexibility index (Phi) is 10.7. The van der Waals surface area contributed by atoms with Gasteiger partial charge in [0.15, 0.2) is 0 Å². The Morgan fingerprint density at radius 3 is 1.73 bits per heavy atom. The largest absolute Gasteiger partial charge is 0.488 e. The second kappa shape index (κ2) is 14.6. The Labute approximate surface area is 258 Å². The number of rotatable bonds is 13. The number of halogens is 1. The van der Waals surface area contributed by atoms with E-state index in [4.69, 9.17) is 4.74 Å². The van der Waals surface area contributed by atoms with E-state index in [1.807, 2.05) is 30.3 Å². The molecule has 2 N–H and O–H groups in total. The highest BCUT2D eigenvalue weighted by molar-refractivity contribution is 5.88.